The number of hydrogen-bond acceptors (Lipinski definition) is 2. The number of benzene rings is 3. The van der Waals surface area contributed by atoms with Gasteiger partial charge in [0.15, 0.2) is 0 Å². The fourth-order valence-electron chi connectivity index (χ4n) is 3.94. The summed E-state index contributed by atoms with van der Waals surface area (Å²) in [5.41, 5.74) is 2.06. The Bertz CT molecular complexity index is 1170. The van der Waals surface area contributed by atoms with E-state index < -0.39 is 0 Å². The monoisotopic (exact) mass is 359 g/mol. The van der Waals surface area contributed by atoms with Crippen LogP contribution in [0, 0.1) is 5.82 Å². The van der Waals surface area contributed by atoms with Crippen molar-refractivity contribution in [2.75, 3.05) is 6.54 Å². The van der Waals surface area contributed by atoms with Crippen molar-refractivity contribution in [3.05, 3.63) is 77.9 Å². The summed E-state index contributed by atoms with van der Waals surface area (Å²) in [5, 5.41) is 2.17. The van der Waals surface area contributed by atoms with E-state index in [1.54, 1.807) is 6.07 Å². The third-order valence-electron chi connectivity index (χ3n) is 5.29. The minimum absolute atomic E-state index is 0.00916. The van der Waals surface area contributed by atoms with Crippen molar-refractivity contribution in [1.82, 2.24) is 14.9 Å². The molecule has 1 aliphatic heterocycles. The minimum atomic E-state index is -0.298. The molecular weight excluding hydrogens is 341 g/mol. The van der Waals surface area contributed by atoms with E-state index in [0.29, 0.717) is 17.6 Å². The van der Waals surface area contributed by atoms with Crippen LogP contribution in [0.15, 0.2) is 60.7 Å². The zero-order chi connectivity index (χ0) is 18.4. The number of nitrogens with one attached hydrogen (secondary N) is 1. The number of amides is 1. The Kier molecular flexibility index (Phi) is 3.67. The summed E-state index contributed by atoms with van der Waals surface area (Å²) in [7, 11) is 0. The molecular formula is C22H18FN3O. The molecule has 0 saturated carbocycles. The van der Waals surface area contributed by atoms with Gasteiger partial charge in [-0.25, -0.2) is 9.37 Å². The zero-order valence-electron chi connectivity index (χ0n) is 14.7. The molecule has 5 heteroatoms. The highest BCUT2D eigenvalue weighted by Gasteiger charge is 2.32. The number of H-pyrrole nitrogens is 1. The van der Waals surface area contributed by atoms with Gasteiger partial charge in [0.05, 0.1) is 17.1 Å². The average Bonchev–Trinajstić information content (AvgIpc) is 3.33. The molecule has 5 rings (SSSR count). The molecule has 0 radical (unpaired) electrons. The second kappa shape index (κ2) is 6.20. The Morgan fingerprint density at radius 1 is 1.07 bits per heavy atom. The van der Waals surface area contributed by atoms with E-state index in [-0.39, 0.29) is 17.8 Å². The van der Waals surface area contributed by atoms with E-state index >= 15 is 0 Å². The van der Waals surface area contributed by atoms with Crippen molar-refractivity contribution >= 4 is 27.7 Å². The molecule has 1 aromatic heterocycles. The number of aromatic amines is 1. The number of carbonyl (C=O) groups excluding carboxylic acids is 1. The van der Waals surface area contributed by atoms with Gasteiger partial charge in [0.25, 0.3) is 5.91 Å². The van der Waals surface area contributed by atoms with Crippen LogP contribution < -0.4 is 0 Å². The van der Waals surface area contributed by atoms with Crippen LogP contribution in [-0.4, -0.2) is 27.3 Å². The molecule has 1 fully saturated rings. The predicted molar refractivity (Wildman–Crippen MR) is 103 cm³/mol. The predicted octanol–water partition coefficient (Wildman–Crippen LogP) is 4.83. The van der Waals surface area contributed by atoms with Gasteiger partial charge in [-0.2, -0.15) is 0 Å². The SMILES string of the molecule is O=C(c1ccc2ccccc2c1)N1CCCC1c1nc2ccc(F)cc2[nH]1. The van der Waals surface area contributed by atoms with Gasteiger partial charge >= 0.3 is 0 Å². The lowest BCUT2D eigenvalue weighted by Crippen LogP contribution is -2.31. The molecule has 1 atom stereocenters. The summed E-state index contributed by atoms with van der Waals surface area (Å²) in [6.45, 7) is 0.696. The van der Waals surface area contributed by atoms with Crippen LogP contribution in [0.4, 0.5) is 4.39 Å². The number of likely N-dealkylation sites (tertiary alicyclic amines) is 1. The van der Waals surface area contributed by atoms with Gasteiger partial charge < -0.3 is 9.88 Å². The lowest BCUT2D eigenvalue weighted by Gasteiger charge is -2.23. The molecule has 3 aromatic carbocycles. The highest BCUT2D eigenvalue weighted by Crippen LogP contribution is 2.33. The number of fused-ring (bicyclic) bond motifs is 2. The first-order chi connectivity index (χ1) is 13.2. The lowest BCUT2D eigenvalue weighted by atomic mass is 10.1. The fraction of sp³-hybridized carbons (Fsp3) is 0.182. The third-order valence-corrected chi connectivity index (χ3v) is 5.29. The van der Waals surface area contributed by atoms with Crippen molar-refractivity contribution in [2.45, 2.75) is 18.9 Å². The van der Waals surface area contributed by atoms with Crippen LogP contribution >= 0.6 is 0 Å². The molecule has 1 unspecified atom stereocenters. The van der Waals surface area contributed by atoms with Gasteiger partial charge in [0, 0.05) is 12.1 Å². The molecule has 0 aliphatic carbocycles. The Hall–Kier alpha value is -3.21. The summed E-state index contributed by atoms with van der Waals surface area (Å²) in [5.74, 6) is 0.436. The van der Waals surface area contributed by atoms with Crippen molar-refractivity contribution in [2.24, 2.45) is 0 Å². The van der Waals surface area contributed by atoms with Gasteiger partial charge in [-0.1, -0.05) is 30.3 Å². The van der Waals surface area contributed by atoms with Crippen LogP contribution in [0.25, 0.3) is 21.8 Å². The summed E-state index contributed by atoms with van der Waals surface area (Å²) >= 11 is 0. The van der Waals surface area contributed by atoms with Gasteiger partial charge in [-0.3, -0.25) is 4.79 Å². The third kappa shape index (κ3) is 2.76. The van der Waals surface area contributed by atoms with E-state index in [9.17, 15) is 9.18 Å². The first-order valence-electron chi connectivity index (χ1n) is 9.14. The molecule has 0 bridgehead atoms. The molecule has 134 valence electrons. The van der Waals surface area contributed by atoms with Crippen LogP contribution in [0.5, 0.6) is 0 Å². The maximum atomic E-state index is 13.5. The molecule has 1 amide bonds. The van der Waals surface area contributed by atoms with Crippen molar-refractivity contribution in [3.63, 3.8) is 0 Å². The van der Waals surface area contributed by atoms with E-state index in [1.807, 2.05) is 47.4 Å². The summed E-state index contributed by atoms with van der Waals surface area (Å²) in [4.78, 5) is 22.8. The zero-order valence-corrected chi connectivity index (χ0v) is 14.7. The molecule has 2 heterocycles. The molecule has 1 aliphatic rings. The molecule has 0 spiro atoms. The first-order valence-corrected chi connectivity index (χ1v) is 9.14. The largest absolute Gasteiger partial charge is 0.340 e. The van der Waals surface area contributed by atoms with Crippen LogP contribution in [0.2, 0.25) is 0 Å². The van der Waals surface area contributed by atoms with E-state index in [0.717, 1.165) is 35.0 Å². The number of rotatable bonds is 2. The van der Waals surface area contributed by atoms with E-state index in [2.05, 4.69) is 9.97 Å². The second-order valence-electron chi connectivity index (χ2n) is 7.00. The quantitative estimate of drug-likeness (QED) is 0.557. The van der Waals surface area contributed by atoms with Crippen molar-refractivity contribution in [3.8, 4) is 0 Å². The van der Waals surface area contributed by atoms with Crippen molar-refractivity contribution in [1.29, 1.82) is 0 Å². The number of imidazole rings is 1. The van der Waals surface area contributed by atoms with Gasteiger partial charge in [0.2, 0.25) is 0 Å². The maximum absolute atomic E-state index is 13.5. The summed E-state index contributed by atoms with van der Waals surface area (Å²) < 4.78 is 13.5. The Labute approximate surface area is 155 Å². The maximum Gasteiger partial charge on any atom is 0.254 e. The van der Waals surface area contributed by atoms with Crippen LogP contribution in [-0.2, 0) is 0 Å². The molecule has 27 heavy (non-hydrogen) atoms. The molecule has 1 saturated heterocycles. The Morgan fingerprint density at radius 3 is 2.81 bits per heavy atom. The second-order valence-corrected chi connectivity index (χ2v) is 7.00. The Balaban J connectivity index is 1.49. The highest BCUT2D eigenvalue weighted by molar-refractivity contribution is 5.99. The van der Waals surface area contributed by atoms with Gasteiger partial charge in [-0.05, 0) is 53.9 Å². The van der Waals surface area contributed by atoms with Crippen LogP contribution in [0.3, 0.4) is 0 Å². The number of nitrogens with zero attached hydrogens (tertiary/aromatic N) is 2. The van der Waals surface area contributed by atoms with Gasteiger partial charge in [0.1, 0.15) is 11.6 Å². The highest BCUT2D eigenvalue weighted by atomic mass is 19.1. The number of carbonyl (C=O) groups is 1. The molecule has 1 N–H and O–H groups in total. The molecule has 4 aromatic rings. The van der Waals surface area contributed by atoms with E-state index in [4.69, 9.17) is 0 Å². The summed E-state index contributed by atoms with van der Waals surface area (Å²) in [6, 6.07) is 18.2. The van der Waals surface area contributed by atoms with Crippen molar-refractivity contribution < 1.29 is 9.18 Å². The number of aromatic nitrogens is 2. The first kappa shape index (κ1) is 16.0. The normalized spacial score (nSPS) is 17.1. The fourth-order valence-corrected chi connectivity index (χ4v) is 3.94. The summed E-state index contributed by atoms with van der Waals surface area (Å²) in [6.07, 6.45) is 1.77. The van der Waals surface area contributed by atoms with Gasteiger partial charge in [-0.15, -0.1) is 0 Å². The number of hydrogen-bond donors (Lipinski definition) is 1. The van der Waals surface area contributed by atoms with E-state index in [1.165, 1.54) is 12.1 Å². The molecule has 4 nitrogen and oxygen atoms in total. The lowest BCUT2D eigenvalue weighted by molar-refractivity contribution is 0.0730. The smallest absolute Gasteiger partial charge is 0.254 e. The average molecular weight is 359 g/mol. The minimum Gasteiger partial charge on any atom is -0.340 e. The Morgan fingerprint density at radius 2 is 1.93 bits per heavy atom. The number of halogens is 1. The van der Waals surface area contributed by atoms with Crippen LogP contribution in [0.1, 0.15) is 35.1 Å². The topological polar surface area (TPSA) is 49.0 Å². The standard InChI is InChI=1S/C22H18FN3O/c23-17-9-10-18-19(13-17)25-21(24-18)20-6-3-11-26(20)22(27)16-8-7-14-4-1-2-5-15(14)12-16/h1-2,4-5,7-10,12-13,20H,3,6,11H2,(H,24,25).